The van der Waals surface area contributed by atoms with Crippen molar-refractivity contribution in [3.8, 4) is 11.3 Å². The first-order valence-corrected chi connectivity index (χ1v) is 7.67. The first kappa shape index (κ1) is 14.7. The smallest absolute Gasteiger partial charge is 0.247 e. The largest absolute Gasteiger partial charge is 0.300 e. The number of benzene rings is 1. The number of hydrogen-bond acceptors (Lipinski definition) is 5. The van der Waals surface area contributed by atoms with Crippen molar-refractivity contribution in [3.63, 3.8) is 0 Å². The predicted octanol–water partition coefficient (Wildman–Crippen LogP) is 3.00. The Bertz CT molecular complexity index is 782. The molecule has 8 heteroatoms. The van der Waals surface area contributed by atoms with Gasteiger partial charge in [-0.15, -0.1) is 11.3 Å². The molecule has 0 radical (unpaired) electrons. The maximum atomic E-state index is 11.9. The Hall–Kier alpha value is -2.25. The molecule has 2 aromatic heterocycles. The van der Waals surface area contributed by atoms with Crippen LogP contribution < -0.4 is 5.32 Å². The summed E-state index contributed by atoms with van der Waals surface area (Å²) in [6.45, 7) is 2.07. The number of nitrogens with one attached hydrogen (secondary N) is 1. The second kappa shape index (κ2) is 6.25. The molecule has 6 nitrogen and oxygen atoms in total. The zero-order chi connectivity index (χ0) is 15.5. The van der Waals surface area contributed by atoms with Crippen molar-refractivity contribution in [3.05, 3.63) is 46.8 Å². The Kier molecular flexibility index (Phi) is 4.17. The molecule has 1 N–H and O–H groups in total. The van der Waals surface area contributed by atoms with E-state index in [1.54, 1.807) is 0 Å². The molecule has 2 heterocycles. The quantitative estimate of drug-likeness (QED) is 0.796. The highest BCUT2D eigenvalue weighted by Gasteiger charge is 2.12. The molecule has 1 amide bonds. The number of amides is 1. The van der Waals surface area contributed by atoms with Crippen molar-refractivity contribution in [1.82, 2.24) is 19.7 Å². The second-order valence-electron chi connectivity index (χ2n) is 4.57. The summed E-state index contributed by atoms with van der Waals surface area (Å²) in [5, 5.41) is 7.91. The van der Waals surface area contributed by atoms with E-state index >= 15 is 0 Å². The molecule has 0 unspecified atom stereocenters. The van der Waals surface area contributed by atoms with Crippen LogP contribution in [0, 0.1) is 6.92 Å². The molecule has 0 aliphatic heterocycles. The molecule has 3 rings (SSSR count). The van der Waals surface area contributed by atoms with Crippen LogP contribution in [-0.2, 0) is 11.3 Å². The van der Waals surface area contributed by atoms with E-state index in [4.69, 9.17) is 11.6 Å². The zero-order valence-corrected chi connectivity index (χ0v) is 13.2. The molecule has 0 saturated heterocycles. The van der Waals surface area contributed by atoms with Crippen molar-refractivity contribution in [2.24, 2.45) is 0 Å². The summed E-state index contributed by atoms with van der Waals surface area (Å²) in [4.78, 5) is 21.2. The molecule has 0 bridgehead atoms. The van der Waals surface area contributed by atoms with Gasteiger partial charge in [-0.3, -0.25) is 4.79 Å². The van der Waals surface area contributed by atoms with Gasteiger partial charge in [-0.05, 0) is 19.1 Å². The Morgan fingerprint density at radius 2 is 2.14 bits per heavy atom. The van der Waals surface area contributed by atoms with Crippen LogP contribution in [0.5, 0.6) is 0 Å². The van der Waals surface area contributed by atoms with Crippen LogP contribution in [0.2, 0.25) is 5.02 Å². The van der Waals surface area contributed by atoms with Gasteiger partial charge in [0.25, 0.3) is 0 Å². The first-order chi connectivity index (χ1) is 10.6. The third-order valence-corrected chi connectivity index (χ3v) is 4.07. The average molecular weight is 334 g/mol. The van der Waals surface area contributed by atoms with E-state index in [0.717, 1.165) is 16.1 Å². The fraction of sp³-hybridized carbons (Fsp3) is 0.143. The minimum absolute atomic E-state index is 0.106. The summed E-state index contributed by atoms with van der Waals surface area (Å²) < 4.78 is 1.45. The molecule has 0 atom stereocenters. The van der Waals surface area contributed by atoms with Crippen LogP contribution in [0.4, 0.5) is 5.13 Å². The van der Waals surface area contributed by atoms with Crippen LogP contribution in [0.25, 0.3) is 11.3 Å². The minimum atomic E-state index is -0.193. The number of hydrogen-bond donors (Lipinski definition) is 1. The van der Waals surface area contributed by atoms with Crippen LogP contribution in [0.3, 0.4) is 0 Å². The van der Waals surface area contributed by atoms with Gasteiger partial charge >= 0.3 is 0 Å². The third kappa shape index (κ3) is 3.32. The molecule has 112 valence electrons. The molecule has 0 aliphatic carbocycles. The first-order valence-electron chi connectivity index (χ1n) is 6.47. The standard InChI is InChI=1S/C14H12ClN5OS/c1-9-13(10-2-4-11(15)5-3-10)19-14(22-9)18-12(21)6-20-8-16-7-17-20/h2-5,7-8H,6H2,1H3,(H,18,19,21). The highest BCUT2D eigenvalue weighted by molar-refractivity contribution is 7.16. The van der Waals surface area contributed by atoms with Gasteiger partial charge in [0, 0.05) is 15.5 Å². The Balaban J connectivity index is 1.74. The Morgan fingerprint density at radius 3 is 2.82 bits per heavy atom. The van der Waals surface area contributed by atoms with Crippen molar-refractivity contribution in [2.75, 3.05) is 5.32 Å². The third-order valence-electron chi connectivity index (χ3n) is 2.93. The van der Waals surface area contributed by atoms with E-state index in [9.17, 15) is 4.79 Å². The number of aryl methyl sites for hydroxylation is 1. The minimum Gasteiger partial charge on any atom is -0.300 e. The summed E-state index contributed by atoms with van der Waals surface area (Å²) in [5.41, 5.74) is 1.81. The number of aromatic nitrogens is 4. The lowest BCUT2D eigenvalue weighted by molar-refractivity contribution is -0.116. The number of thiazole rings is 1. The van der Waals surface area contributed by atoms with Crippen LogP contribution in [0.15, 0.2) is 36.9 Å². The zero-order valence-electron chi connectivity index (χ0n) is 11.7. The number of carbonyl (C=O) groups is 1. The molecule has 1 aromatic carbocycles. The molecule has 0 aliphatic rings. The molecular weight excluding hydrogens is 322 g/mol. The number of carbonyl (C=O) groups excluding carboxylic acids is 1. The van der Waals surface area contributed by atoms with E-state index < -0.39 is 0 Å². The van der Waals surface area contributed by atoms with Crippen LogP contribution in [0.1, 0.15) is 4.88 Å². The van der Waals surface area contributed by atoms with Gasteiger partial charge in [-0.2, -0.15) is 5.10 Å². The lowest BCUT2D eigenvalue weighted by Gasteiger charge is -2.01. The van der Waals surface area contributed by atoms with E-state index in [1.807, 2.05) is 31.2 Å². The van der Waals surface area contributed by atoms with Crippen molar-refractivity contribution in [1.29, 1.82) is 0 Å². The fourth-order valence-electron chi connectivity index (χ4n) is 1.95. The summed E-state index contributed by atoms with van der Waals surface area (Å²) >= 11 is 7.33. The molecule has 22 heavy (non-hydrogen) atoms. The molecule has 0 spiro atoms. The molecule has 3 aromatic rings. The maximum absolute atomic E-state index is 11.9. The number of anilines is 1. The van der Waals surface area contributed by atoms with E-state index in [2.05, 4.69) is 20.4 Å². The van der Waals surface area contributed by atoms with Gasteiger partial charge in [0.15, 0.2) is 5.13 Å². The summed E-state index contributed by atoms with van der Waals surface area (Å²) in [7, 11) is 0. The van der Waals surface area contributed by atoms with Gasteiger partial charge in [0.05, 0.1) is 5.69 Å². The molecular formula is C14H12ClN5OS. The van der Waals surface area contributed by atoms with Gasteiger partial charge < -0.3 is 5.32 Å². The summed E-state index contributed by atoms with van der Waals surface area (Å²) in [5.74, 6) is -0.193. The van der Waals surface area contributed by atoms with Gasteiger partial charge in [0.2, 0.25) is 5.91 Å². The van der Waals surface area contributed by atoms with E-state index in [1.165, 1.54) is 28.7 Å². The summed E-state index contributed by atoms with van der Waals surface area (Å²) in [6, 6.07) is 7.45. The van der Waals surface area contributed by atoms with E-state index in [-0.39, 0.29) is 12.5 Å². The van der Waals surface area contributed by atoms with Crippen molar-refractivity contribution >= 4 is 34.0 Å². The number of nitrogens with zero attached hydrogens (tertiary/aromatic N) is 4. The SMILES string of the molecule is Cc1sc(NC(=O)Cn2cncn2)nc1-c1ccc(Cl)cc1. The van der Waals surface area contributed by atoms with Gasteiger partial charge in [-0.1, -0.05) is 23.7 Å². The molecule has 0 fully saturated rings. The molecule has 0 saturated carbocycles. The van der Waals surface area contributed by atoms with E-state index in [0.29, 0.717) is 10.2 Å². The Morgan fingerprint density at radius 1 is 1.36 bits per heavy atom. The second-order valence-corrected chi connectivity index (χ2v) is 6.21. The van der Waals surface area contributed by atoms with Gasteiger partial charge in [-0.25, -0.2) is 14.6 Å². The van der Waals surface area contributed by atoms with Gasteiger partial charge in [0.1, 0.15) is 19.2 Å². The number of rotatable bonds is 4. The maximum Gasteiger partial charge on any atom is 0.247 e. The van der Waals surface area contributed by atoms with Crippen LogP contribution in [-0.4, -0.2) is 25.7 Å². The lowest BCUT2D eigenvalue weighted by Crippen LogP contribution is -2.18. The highest BCUT2D eigenvalue weighted by atomic mass is 35.5. The average Bonchev–Trinajstić information content (AvgIpc) is 3.10. The monoisotopic (exact) mass is 333 g/mol. The normalized spacial score (nSPS) is 10.6. The topological polar surface area (TPSA) is 72.7 Å². The van der Waals surface area contributed by atoms with Crippen LogP contribution >= 0.6 is 22.9 Å². The Labute approximate surface area is 135 Å². The van der Waals surface area contributed by atoms with Crippen molar-refractivity contribution < 1.29 is 4.79 Å². The predicted molar refractivity (Wildman–Crippen MR) is 85.9 cm³/mol. The fourth-order valence-corrected chi connectivity index (χ4v) is 2.92. The highest BCUT2D eigenvalue weighted by Crippen LogP contribution is 2.30. The number of halogens is 1. The lowest BCUT2D eigenvalue weighted by atomic mass is 10.1. The summed E-state index contributed by atoms with van der Waals surface area (Å²) in [6.07, 6.45) is 2.88. The van der Waals surface area contributed by atoms with Crippen molar-refractivity contribution in [2.45, 2.75) is 13.5 Å².